The first-order valence-electron chi connectivity index (χ1n) is 7.69. The number of hydrogen-bond acceptors (Lipinski definition) is 4. The standard InChI is InChI=1S/C17H20N4O3/c1-11(2)8-17(3)15(23)21(16(24)20-17)10-14(22)19-13-6-4-5-12(7-13)9-18/h4-7,11H,8,10H2,1-3H3,(H,19,22)(H,20,24)/t17-/m0/s1. The number of anilines is 1. The van der Waals surface area contributed by atoms with Crippen LogP contribution in [0, 0.1) is 17.2 Å². The molecule has 0 bridgehead atoms. The molecule has 1 aliphatic rings. The van der Waals surface area contributed by atoms with Crippen LogP contribution >= 0.6 is 0 Å². The molecule has 2 N–H and O–H groups in total. The van der Waals surface area contributed by atoms with Crippen LogP contribution in [-0.2, 0) is 9.59 Å². The summed E-state index contributed by atoms with van der Waals surface area (Å²) in [5.41, 5.74) is -0.130. The molecule has 24 heavy (non-hydrogen) atoms. The molecule has 126 valence electrons. The Morgan fingerprint density at radius 3 is 2.75 bits per heavy atom. The molecular formula is C17H20N4O3. The normalized spacial score (nSPS) is 20.0. The third-order valence-electron chi connectivity index (χ3n) is 3.74. The first-order chi connectivity index (χ1) is 11.2. The van der Waals surface area contributed by atoms with Crippen LogP contribution in [-0.4, -0.2) is 34.8 Å². The first-order valence-corrected chi connectivity index (χ1v) is 7.69. The summed E-state index contributed by atoms with van der Waals surface area (Å²) in [6, 6.07) is 7.82. The minimum atomic E-state index is -0.980. The van der Waals surface area contributed by atoms with E-state index in [0.717, 1.165) is 4.90 Å². The second-order valence-electron chi connectivity index (χ2n) is 6.49. The van der Waals surface area contributed by atoms with Crippen molar-refractivity contribution in [1.82, 2.24) is 10.2 Å². The highest BCUT2D eigenvalue weighted by molar-refractivity contribution is 6.09. The molecule has 0 aliphatic carbocycles. The van der Waals surface area contributed by atoms with Crippen molar-refractivity contribution in [3.8, 4) is 6.07 Å². The number of nitrogens with zero attached hydrogens (tertiary/aromatic N) is 2. The molecule has 1 aromatic carbocycles. The Hall–Kier alpha value is -2.88. The van der Waals surface area contributed by atoms with Gasteiger partial charge in [0.25, 0.3) is 5.91 Å². The molecule has 1 atom stereocenters. The van der Waals surface area contributed by atoms with Gasteiger partial charge in [-0.2, -0.15) is 5.26 Å². The van der Waals surface area contributed by atoms with Gasteiger partial charge in [-0.25, -0.2) is 4.79 Å². The molecule has 0 unspecified atom stereocenters. The van der Waals surface area contributed by atoms with Crippen LogP contribution in [0.5, 0.6) is 0 Å². The Morgan fingerprint density at radius 2 is 2.12 bits per heavy atom. The predicted octanol–water partition coefficient (Wildman–Crippen LogP) is 1.85. The highest BCUT2D eigenvalue weighted by Gasteiger charge is 2.48. The van der Waals surface area contributed by atoms with Crippen LogP contribution in [0.15, 0.2) is 24.3 Å². The molecule has 1 heterocycles. The monoisotopic (exact) mass is 328 g/mol. The van der Waals surface area contributed by atoms with E-state index in [1.165, 1.54) is 6.07 Å². The van der Waals surface area contributed by atoms with E-state index in [1.807, 2.05) is 19.9 Å². The molecule has 0 saturated carbocycles. The van der Waals surface area contributed by atoms with Gasteiger partial charge in [-0.1, -0.05) is 19.9 Å². The minimum Gasteiger partial charge on any atom is -0.324 e. The summed E-state index contributed by atoms with van der Waals surface area (Å²) in [5.74, 6) is -0.675. The Morgan fingerprint density at radius 1 is 1.42 bits per heavy atom. The van der Waals surface area contributed by atoms with Crippen molar-refractivity contribution < 1.29 is 14.4 Å². The first kappa shape index (κ1) is 17.5. The van der Waals surface area contributed by atoms with E-state index >= 15 is 0 Å². The number of hydrogen-bond donors (Lipinski definition) is 2. The number of nitriles is 1. The zero-order valence-electron chi connectivity index (χ0n) is 13.9. The highest BCUT2D eigenvalue weighted by Crippen LogP contribution is 2.24. The summed E-state index contributed by atoms with van der Waals surface area (Å²) >= 11 is 0. The van der Waals surface area contributed by atoms with E-state index in [0.29, 0.717) is 17.7 Å². The second-order valence-corrected chi connectivity index (χ2v) is 6.49. The molecule has 1 aromatic rings. The molecule has 7 nitrogen and oxygen atoms in total. The maximum absolute atomic E-state index is 12.5. The molecular weight excluding hydrogens is 308 g/mol. The number of rotatable bonds is 5. The van der Waals surface area contributed by atoms with E-state index in [1.54, 1.807) is 25.1 Å². The van der Waals surface area contributed by atoms with Gasteiger partial charge < -0.3 is 10.6 Å². The van der Waals surface area contributed by atoms with Gasteiger partial charge >= 0.3 is 6.03 Å². The van der Waals surface area contributed by atoms with Crippen molar-refractivity contribution in [2.45, 2.75) is 32.7 Å². The average molecular weight is 328 g/mol. The topological polar surface area (TPSA) is 102 Å². The second kappa shape index (κ2) is 6.71. The lowest BCUT2D eigenvalue weighted by Crippen LogP contribution is -2.45. The Balaban J connectivity index is 2.05. The van der Waals surface area contributed by atoms with Gasteiger partial charge in [-0.15, -0.1) is 0 Å². The van der Waals surface area contributed by atoms with Crippen molar-refractivity contribution in [2.75, 3.05) is 11.9 Å². The maximum Gasteiger partial charge on any atom is 0.325 e. The Kier molecular flexibility index (Phi) is 4.88. The number of imide groups is 1. The summed E-state index contributed by atoms with van der Waals surface area (Å²) < 4.78 is 0. The molecule has 0 spiro atoms. The highest BCUT2D eigenvalue weighted by atomic mass is 16.2. The number of carbonyl (C=O) groups excluding carboxylic acids is 3. The third kappa shape index (κ3) is 3.71. The van der Waals surface area contributed by atoms with Crippen molar-refractivity contribution in [3.05, 3.63) is 29.8 Å². The Labute approximate surface area is 140 Å². The number of benzene rings is 1. The lowest BCUT2D eigenvalue weighted by Gasteiger charge is -2.23. The van der Waals surface area contributed by atoms with Crippen LogP contribution in [0.2, 0.25) is 0 Å². The minimum absolute atomic E-state index is 0.224. The summed E-state index contributed by atoms with van der Waals surface area (Å²) in [6.45, 7) is 5.22. The van der Waals surface area contributed by atoms with Crippen molar-refractivity contribution >= 4 is 23.5 Å². The van der Waals surface area contributed by atoms with Crippen LogP contribution < -0.4 is 10.6 Å². The van der Waals surface area contributed by atoms with Gasteiger partial charge in [0, 0.05) is 5.69 Å². The number of carbonyl (C=O) groups is 3. The van der Waals surface area contributed by atoms with Crippen LogP contribution in [0.25, 0.3) is 0 Å². The van der Waals surface area contributed by atoms with Crippen molar-refractivity contribution in [3.63, 3.8) is 0 Å². The summed E-state index contributed by atoms with van der Waals surface area (Å²) in [7, 11) is 0. The molecule has 0 radical (unpaired) electrons. The number of nitrogens with one attached hydrogen (secondary N) is 2. The summed E-state index contributed by atoms with van der Waals surface area (Å²) in [5, 5.41) is 14.1. The van der Waals surface area contributed by atoms with Gasteiger partial charge in [-0.05, 0) is 37.5 Å². The molecule has 4 amide bonds. The largest absolute Gasteiger partial charge is 0.325 e. The predicted molar refractivity (Wildman–Crippen MR) is 87.9 cm³/mol. The van der Waals surface area contributed by atoms with E-state index in [4.69, 9.17) is 5.26 Å². The lowest BCUT2D eigenvalue weighted by atomic mass is 9.91. The maximum atomic E-state index is 12.5. The van der Waals surface area contributed by atoms with E-state index < -0.39 is 23.4 Å². The lowest BCUT2D eigenvalue weighted by molar-refractivity contribution is -0.133. The fourth-order valence-corrected chi connectivity index (χ4v) is 2.86. The SMILES string of the molecule is CC(C)C[C@]1(C)NC(=O)N(CC(=O)Nc2cccc(C#N)c2)C1=O. The Bertz CT molecular complexity index is 723. The molecule has 1 saturated heterocycles. The molecule has 1 fully saturated rings. The van der Waals surface area contributed by atoms with Crippen LogP contribution in [0.1, 0.15) is 32.8 Å². The van der Waals surface area contributed by atoms with Gasteiger partial charge in [0.15, 0.2) is 0 Å². The summed E-state index contributed by atoms with van der Waals surface area (Å²) in [6.07, 6.45) is 0.500. The van der Waals surface area contributed by atoms with Gasteiger partial charge in [0.05, 0.1) is 11.6 Å². The fraction of sp³-hybridized carbons (Fsp3) is 0.412. The quantitative estimate of drug-likeness (QED) is 0.805. The fourth-order valence-electron chi connectivity index (χ4n) is 2.86. The van der Waals surface area contributed by atoms with E-state index in [-0.39, 0.29) is 12.5 Å². The van der Waals surface area contributed by atoms with Gasteiger partial charge in [-0.3, -0.25) is 14.5 Å². The smallest absolute Gasteiger partial charge is 0.324 e. The van der Waals surface area contributed by atoms with Crippen molar-refractivity contribution in [1.29, 1.82) is 5.26 Å². The van der Waals surface area contributed by atoms with Gasteiger partial charge in [0.2, 0.25) is 5.91 Å². The molecule has 2 rings (SSSR count). The molecule has 0 aromatic heterocycles. The summed E-state index contributed by atoms with van der Waals surface area (Å²) in [4.78, 5) is 37.6. The van der Waals surface area contributed by atoms with Crippen LogP contribution in [0.3, 0.4) is 0 Å². The molecule has 7 heteroatoms. The van der Waals surface area contributed by atoms with Crippen LogP contribution in [0.4, 0.5) is 10.5 Å². The van der Waals surface area contributed by atoms with Crippen molar-refractivity contribution in [2.24, 2.45) is 5.92 Å². The zero-order valence-corrected chi connectivity index (χ0v) is 13.9. The zero-order chi connectivity index (χ0) is 17.9. The number of urea groups is 1. The van der Waals surface area contributed by atoms with E-state index in [2.05, 4.69) is 10.6 Å². The third-order valence-corrected chi connectivity index (χ3v) is 3.74. The molecule has 1 aliphatic heterocycles. The number of amides is 4. The van der Waals surface area contributed by atoms with E-state index in [9.17, 15) is 14.4 Å². The average Bonchev–Trinajstić information content (AvgIpc) is 2.70. The van der Waals surface area contributed by atoms with Gasteiger partial charge in [0.1, 0.15) is 12.1 Å².